The van der Waals surface area contributed by atoms with Crippen molar-refractivity contribution in [1.82, 2.24) is 0 Å². The van der Waals surface area contributed by atoms with E-state index >= 15 is 0 Å². The van der Waals surface area contributed by atoms with Gasteiger partial charge in [-0.2, -0.15) is 0 Å². The van der Waals surface area contributed by atoms with Crippen LogP contribution in [0, 0.1) is 13.8 Å². The molecule has 0 aromatic heterocycles. The molecule has 0 heterocycles. The minimum absolute atomic E-state index is 0.644. The van der Waals surface area contributed by atoms with Crippen molar-refractivity contribution in [3.8, 4) is 0 Å². The first-order valence-electron chi connectivity index (χ1n) is 5.30. The van der Waals surface area contributed by atoms with Crippen LogP contribution in [0.2, 0.25) is 5.32 Å². The predicted molar refractivity (Wildman–Crippen MR) is 66.2 cm³/mol. The van der Waals surface area contributed by atoms with Gasteiger partial charge in [0.2, 0.25) is 0 Å². The minimum atomic E-state index is 0.644. The summed E-state index contributed by atoms with van der Waals surface area (Å²) >= 11 is 3.08. The fourth-order valence-electron chi connectivity index (χ4n) is 1.47. The van der Waals surface area contributed by atoms with Gasteiger partial charge in [-0.15, -0.1) is 0 Å². The summed E-state index contributed by atoms with van der Waals surface area (Å²) in [5, 5.41) is 1.10. The van der Waals surface area contributed by atoms with Crippen LogP contribution in [0.3, 0.4) is 0 Å². The first-order chi connectivity index (χ1) is 6.65. The Morgan fingerprint density at radius 2 is 1.79 bits per heavy atom. The van der Waals surface area contributed by atoms with Crippen LogP contribution in [0.15, 0.2) is 18.2 Å². The number of hydrogen-bond donors (Lipinski definition) is 0. The average molecular weight is 256 g/mol. The average Bonchev–Trinajstić information content (AvgIpc) is 2.20. The maximum absolute atomic E-state index is 3.08. The van der Waals surface area contributed by atoms with Crippen LogP contribution in [-0.2, 0) is 0 Å². The Balaban J connectivity index is 0.000000791. The molecule has 0 aliphatic heterocycles. The van der Waals surface area contributed by atoms with Gasteiger partial charge in [0.15, 0.2) is 0 Å². The molecule has 1 heteroatoms. The molecule has 0 N–H and O–H groups in total. The van der Waals surface area contributed by atoms with Crippen molar-refractivity contribution in [3.05, 3.63) is 34.9 Å². The Morgan fingerprint density at radius 1 is 1.21 bits per heavy atom. The Labute approximate surface area is 96.9 Å². The SMILES string of the molecule is CC.Cc1ccc(C(C)C[Se])c(C)c1. The van der Waals surface area contributed by atoms with Crippen LogP contribution >= 0.6 is 0 Å². The number of hydrogen-bond acceptors (Lipinski definition) is 0. The number of rotatable bonds is 2. The summed E-state index contributed by atoms with van der Waals surface area (Å²) in [5.41, 5.74) is 4.24. The fourth-order valence-corrected chi connectivity index (χ4v) is 1.85. The van der Waals surface area contributed by atoms with Gasteiger partial charge in [-0.25, -0.2) is 0 Å². The quantitative estimate of drug-likeness (QED) is 0.701. The van der Waals surface area contributed by atoms with Crippen molar-refractivity contribution in [2.75, 3.05) is 0 Å². The van der Waals surface area contributed by atoms with Crippen molar-refractivity contribution in [1.29, 1.82) is 0 Å². The first-order valence-corrected chi connectivity index (χ1v) is 6.51. The van der Waals surface area contributed by atoms with Crippen LogP contribution in [0.4, 0.5) is 0 Å². The molecule has 0 nitrogen and oxygen atoms in total. The molecule has 14 heavy (non-hydrogen) atoms. The van der Waals surface area contributed by atoms with Crippen LogP contribution in [0.1, 0.15) is 43.4 Å². The van der Waals surface area contributed by atoms with Gasteiger partial charge in [0.1, 0.15) is 0 Å². The summed E-state index contributed by atoms with van der Waals surface area (Å²) in [6, 6.07) is 6.68. The second kappa shape index (κ2) is 7.09. The van der Waals surface area contributed by atoms with Crippen molar-refractivity contribution in [2.45, 2.75) is 45.9 Å². The van der Waals surface area contributed by atoms with Crippen LogP contribution in [0.5, 0.6) is 0 Å². The van der Waals surface area contributed by atoms with E-state index in [4.69, 9.17) is 0 Å². The van der Waals surface area contributed by atoms with Gasteiger partial charge in [0.05, 0.1) is 0 Å². The van der Waals surface area contributed by atoms with E-state index in [0.717, 1.165) is 5.32 Å². The Bertz CT molecular complexity index is 266. The summed E-state index contributed by atoms with van der Waals surface area (Å²) in [6.45, 7) is 10.6. The van der Waals surface area contributed by atoms with Gasteiger partial charge in [-0.05, 0) is 0 Å². The predicted octanol–water partition coefficient (Wildman–Crippen LogP) is 4.02. The molecule has 0 bridgehead atoms. The van der Waals surface area contributed by atoms with E-state index in [2.05, 4.69) is 55.0 Å². The maximum atomic E-state index is 3.08. The van der Waals surface area contributed by atoms with Crippen LogP contribution < -0.4 is 0 Å². The summed E-state index contributed by atoms with van der Waals surface area (Å²) < 4.78 is 0. The van der Waals surface area contributed by atoms with Gasteiger partial charge in [-0.3, -0.25) is 0 Å². The Hall–Kier alpha value is -0.261. The van der Waals surface area contributed by atoms with E-state index in [1.807, 2.05) is 13.8 Å². The molecule has 1 aromatic rings. The van der Waals surface area contributed by atoms with Crippen LogP contribution in [0.25, 0.3) is 0 Å². The molecular formula is C13H21Se. The zero-order valence-corrected chi connectivity index (χ0v) is 11.6. The number of aryl methyl sites for hydroxylation is 2. The zero-order chi connectivity index (χ0) is 11.1. The van der Waals surface area contributed by atoms with Crippen molar-refractivity contribution < 1.29 is 0 Å². The van der Waals surface area contributed by atoms with E-state index in [1.54, 1.807) is 0 Å². The molecule has 0 aliphatic carbocycles. The molecule has 0 saturated carbocycles. The van der Waals surface area contributed by atoms with E-state index < -0.39 is 0 Å². The van der Waals surface area contributed by atoms with Crippen molar-refractivity contribution in [3.63, 3.8) is 0 Å². The molecule has 0 spiro atoms. The first kappa shape index (κ1) is 13.7. The van der Waals surface area contributed by atoms with E-state index in [0.29, 0.717) is 5.92 Å². The monoisotopic (exact) mass is 257 g/mol. The summed E-state index contributed by atoms with van der Waals surface area (Å²) in [6.07, 6.45) is 0. The van der Waals surface area contributed by atoms with Gasteiger partial charge < -0.3 is 0 Å². The molecule has 0 fully saturated rings. The molecule has 1 radical (unpaired) electrons. The molecule has 0 saturated heterocycles. The fraction of sp³-hybridized carbons (Fsp3) is 0.538. The molecule has 1 rings (SSSR count). The molecule has 1 atom stereocenters. The van der Waals surface area contributed by atoms with Gasteiger partial charge in [0.25, 0.3) is 0 Å². The van der Waals surface area contributed by atoms with Gasteiger partial charge >= 0.3 is 82.9 Å². The van der Waals surface area contributed by atoms with Crippen molar-refractivity contribution >= 4 is 16.0 Å². The van der Waals surface area contributed by atoms with Crippen molar-refractivity contribution in [2.24, 2.45) is 0 Å². The molecule has 0 aliphatic rings. The van der Waals surface area contributed by atoms with Gasteiger partial charge in [-0.1, -0.05) is 13.8 Å². The molecule has 1 unspecified atom stereocenters. The Kier molecular flexibility index (Phi) is 6.96. The van der Waals surface area contributed by atoms with E-state index in [1.165, 1.54) is 16.7 Å². The zero-order valence-electron chi connectivity index (χ0n) is 9.92. The normalized spacial score (nSPS) is 11.6. The van der Waals surface area contributed by atoms with Crippen LogP contribution in [-0.4, -0.2) is 16.0 Å². The summed E-state index contributed by atoms with van der Waals surface area (Å²) in [7, 11) is 0. The van der Waals surface area contributed by atoms with E-state index in [-0.39, 0.29) is 0 Å². The molecule has 0 amide bonds. The third-order valence-electron chi connectivity index (χ3n) is 2.21. The third kappa shape index (κ3) is 3.86. The number of benzene rings is 1. The Morgan fingerprint density at radius 3 is 2.21 bits per heavy atom. The van der Waals surface area contributed by atoms with Gasteiger partial charge in [0, 0.05) is 0 Å². The molecule has 1 aromatic carbocycles. The summed E-state index contributed by atoms with van der Waals surface area (Å²) in [5.74, 6) is 0.644. The molecular weight excluding hydrogens is 235 g/mol. The topological polar surface area (TPSA) is 0 Å². The standard InChI is InChI=1S/C11H15Se.C2H6/c1-8-4-5-11(9(2)6-8)10(3)7-12;1-2/h4-6,10H,7H2,1-3H3;1-2H3. The third-order valence-corrected chi connectivity index (χ3v) is 3.26. The van der Waals surface area contributed by atoms with E-state index in [9.17, 15) is 0 Å². The molecule has 79 valence electrons. The summed E-state index contributed by atoms with van der Waals surface area (Å²) in [4.78, 5) is 0. The second-order valence-electron chi connectivity index (χ2n) is 3.43. The second-order valence-corrected chi connectivity index (χ2v) is 4.13.